The van der Waals surface area contributed by atoms with Gasteiger partial charge in [-0.2, -0.15) is 5.26 Å². The predicted octanol–water partition coefficient (Wildman–Crippen LogP) is 4.53. The molecule has 2 heterocycles. The van der Waals surface area contributed by atoms with E-state index in [4.69, 9.17) is 0 Å². The summed E-state index contributed by atoms with van der Waals surface area (Å²) < 4.78 is 0. The van der Waals surface area contributed by atoms with Crippen molar-refractivity contribution in [3.63, 3.8) is 0 Å². The number of aryl methyl sites for hydroxylation is 1. The molecular formula is C22H25N3OS. The summed E-state index contributed by atoms with van der Waals surface area (Å²) in [5, 5.41) is 10.0. The van der Waals surface area contributed by atoms with Gasteiger partial charge in [-0.1, -0.05) is 55.4 Å². The molecule has 27 heavy (non-hydrogen) atoms. The molecule has 1 aliphatic rings. The molecule has 0 aliphatic carbocycles. The second-order valence-electron chi connectivity index (χ2n) is 7.56. The zero-order valence-corrected chi connectivity index (χ0v) is 16.9. The third kappa shape index (κ3) is 4.90. The molecule has 1 amide bonds. The molecule has 0 bridgehead atoms. The maximum atomic E-state index is 12.6. The van der Waals surface area contributed by atoms with Crippen molar-refractivity contribution in [3.05, 3.63) is 47.5 Å². The Kier molecular flexibility index (Phi) is 6.18. The highest BCUT2D eigenvalue weighted by Gasteiger charge is 2.25. The van der Waals surface area contributed by atoms with Crippen LogP contribution in [0.4, 0.5) is 0 Å². The van der Waals surface area contributed by atoms with Crippen molar-refractivity contribution < 1.29 is 4.79 Å². The number of benzene rings is 1. The SMILES string of the molecule is Cc1ccc(-c2ccc(C#N)c(SCC(=O)N3CC(C)CC(C)C3)n2)cc1. The number of carbonyl (C=O) groups excluding carboxylic acids is 1. The lowest BCUT2D eigenvalue weighted by Crippen LogP contribution is -2.43. The van der Waals surface area contributed by atoms with Gasteiger partial charge in [0.25, 0.3) is 0 Å². The molecule has 2 aromatic rings. The van der Waals surface area contributed by atoms with Crippen LogP contribution in [0.2, 0.25) is 0 Å². The summed E-state index contributed by atoms with van der Waals surface area (Å²) >= 11 is 1.36. The molecule has 0 N–H and O–H groups in total. The van der Waals surface area contributed by atoms with Crippen LogP contribution in [-0.4, -0.2) is 34.6 Å². The summed E-state index contributed by atoms with van der Waals surface area (Å²) in [5.74, 6) is 1.53. The maximum absolute atomic E-state index is 12.6. The summed E-state index contributed by atoms with van der Waals surface area (Å²) in [6.45, 7) is 8.09. The summed E-state index contributed by atoms with van der Waals surface area (Å²) in [4.78, 5) is 19.3. The van der Waals surface area contributed by atoms with Gasteiger partial charge in [-0.05, 0) is 37.3 Å². The Labute approximate surface area is 165 Å². The van der Waals surface area contributed by atoms with Crippen molar-refractivity contribution in [2.24, 2.45) is 11.8 Å². The monoisotopic (exact) mass is 379 g/mol. The van der Waals surface area contributed by atoms with Gasteiger partial charge < -0.3 is 4.90 Å². The summed E-state index contributed by atoms with van der Waals surface area (Å²) in [6, 6.07) is 14.0. The number of aromatic nitrogens is 1. The highest BCUT2D eigenvalue weighted by molar-refractivity contribution is 8.00. The van der Waals surface area contributed by atoms with E-state index < -0.39 is 0 Å². The van der Waals surface area contributed by atoms with E-state index in [9.17, 15) is 10.1 Å². The van der Waals surface area contributed by atoms with E-state index in [1.54, 1.807) is 6.07 Å². The molecule has 0 radical (unpaired) electrons. The number of hydrogen-bond acceptors (Lipinski definition) is 4. The van der Waals surface area contributed by atoms with Crippen LogP contribution in [0.25, 0.3) is 11.3 Å². The van der Waals surface area contributed by atoms with E-state index in [1.807, 2.05) is 42.2 Å². The van der Waals surface area contributed by atoms with Gasteiger partial charge in [0.05, 0.1) is 17.0 Å². The fourth-order valence-electron chi connectivity index (χ4n) is 3.61. The highest BCUT2D eigenvalue weighted by Crippen LogP contribution is 2.27. The zero-order chi connectivity index (χ0) is 19.4. The molecule has 1 saturated heterocycles. The van der Waals surface area contributed by atoms with Gasteiger partial charge in [0, 0.05) is 18.7 Å². The van der Waals surface area contributed by atoms with E-state index in [0.717, 1.165) is 24.3 Å². The first kappa shape index (κ1) is 19.4. The third-order valence-electron chi connectivity index (χ3n) is 4.88. The summed E-state index contributed by atoms with van der Waals surface area (Å²) in [5.41, 5.74) is 3.54. The Morgan fingerprint density at radius 1 is 1.19 bits per heavy atom. The fourth-order valence-corrected chi connectivity index (χ4v) is 4.48. The van der Waals surface area contributed by atoms with Crippen LogP contribution < -0.4 is 0 Å². The van der Waals surface area contributed by atoms with Crippen molar-refractivity contribution >= 4 is 17.7 Å². The number of rotatable bonds is 4. The van der Waals surface area contributed by atoms with Gasteiger partial charge in [-0.3, -0.25) is 4.79 Å². The van der Waals surface area contributed by atoms with Crippen LogP contribution in [0.3, 0.4) is 0 Å². The number of pyridine rings is 1. The average molecular weight is 380 g/mol. The Morgan fingerprint density at radius 2 is 1.85 bits per heavy atom. The molecule has 4 nitrogen and oxygen atoms in total. The molecule has 1 aliphatic heterocycles. The first-order valence-corrected chi connectivity index (χ1v) is 10.3. The lowest BCUT2D eigenvalue weighted by atomic mass is 9.92. The zero-order valence-electron chi connectivity index (χ0n) is 16.1. The smallest absolute Gasteiger partial charge is 0.233 e. The second kappa shape index (κ2) is 8.58. The quantitative estimate of drug-likeness (QED) is 0.733. The highest BCUT2D eigenvalue weighted by atomic mass is 32.2. The summed E-state index contributed by atoms with van der Waals surface area (Å²) in [6.07, 6.45) is 1.18. The number of likely N-dealkylation sites (tertiary alicyclic amines) is 1. The number of hydrogen-bond donors (Lipinski definition) is 0. The van der Waals surface area contributed by atoms with Gasteiger partial charge in [0.2, 0.25) is 5.91 Å². The van der Waals surface area contributed by atoms with E-state index in [1.165, 1.54) is 23.7 Å². The number of thioether (sulfide) groups is 1. The topological polar surface area (TPSA) is 57.0 Å². The molecule has 3 rings (SSSR count). The first-order chi connectivity index (χ1) is 13.0. The average Bonchev–Trinajstić information content (AvgIpc) is 2.65. The lowest BCUT2D eigenvalue weighted by molar-refractivity contribution is -0.130. The molecule has 0 saturated carbocycles. The van der Waals surface area contributed by atoms with Crippen molar-refractivity contribution in [2.45, 2.75) is 32.2 Å². The van der Waals surface area contributed by atoms with Gasteiger partial charge in [0.1, 0.15) is 11.1 Å². The standard InChI is InChI=1S/C22H25N3OS/c1-15-4-6-18(7-5-15)20-9-8-19(11-23)22(24-20)27-14-21(26)25-12-16(2)10-17(3)13-25/h4-9,16-17H,10,12-14H2,1-3H3. The fraction of sp³-hybridized carbons (Fsp3) is 0.409. The molecule has 1 aromatic heterocycles. The van der Waals surface area contributed by atoms with E-state index in [0.29, 0.717) is 28.2 Å². The Morgan fingerprint density at radius 3 is 2.48 bits per heavy atom. The van der Waals surface area contributed by atoms with Crippen LogP contribution in [0.1, 0.15) is 31.4 Å². The van der Waals surface area contributed by atoms with Crippen LogP contribution in [0.15, 0.2) is 41.4 Å². The lowest BCUT2D eigenvalue weighted by Gasteiger charge is -2.35. The number of amides is 1. The Bertz CT molecular complexity index is 847. The first-order valence-electron chi connectivity index (χ1n) is 9.35. The van der Waals surface area contributed by atoms with Crippen LogP contribution >= 0.6 is 11.8 Å². The van der Waals surface area contributed by atoms with Gasteiger partial charge in [0.15, 0.2) is 0 Å². The summed E-state index contributed by atoms with van der Waals surface area (Å²) in [7, 11) is 0. The molecule has 2 atom stereocenters. The molecule has 5 heteroatoms. The Balaban J connectivity index is 1.73. The number of carbonyl (C=O) groups is 1. The molecular weight excluding hydrogens is 354 g/mol. The van der Waals surface area contributed by atoms with Gasteiger partial charge in [-0.25, -0.2) is 4.98 Å². The molecule has 2 unspecified atom stereocenters. The van der Waals surface area contributed by atoms with E-state index >= 15 is 0 Å². The van der Waals surface area contributed by atoms with Gasteiger partial charge in [-0.15, -0.1) is 0 Å². The van der Waals surface area contributed by atoms with Crippen molar-refractivity contribution in [3.8, 4) is 17.3 Å². The van der Waals surface area contributed by atoms with Crippen molar-refractivity contribution in [2.75, 3.05) is 18.8 Å². The number of piperidine rings is 1. The molecule has 0 spiro atoms. The molecule has 1 aromatic carbocycles. The van der Waals surface area contributed by atoms with Crippen LogP contribution in [-0.2, 0) is 4.79 Å². The maximum Gasteiger partial charge on any atom is 0.233 e. The third-order valence-corrected chi connectivity index (χ3v) is 5.86. The van der Waals surface area contributed by atoms with Crippen LogP contribution in [0, 0.1) is 30.1 Å². The number of nitrogens with zero attached hydrogens (tertiary/aromatic N) is 3. The minimum Gasteiger partial charge on any atom is -0.341 e. The second-order valence-corrected chi connectivity index (χ2v) is 8.52. The minimum absolute atomic E-state index is 0.129. The predicted molar refractivity (Wildman–Crippen MR) is 109 cm³/mol. The number of nitriles is 1. The molecule has 1 fully saturated rings. The van der Waals surface area contributed by atoms with Gasteiger partial charge >= 0.3 is 0 Å². The van der Waals surface area contributed by atoms with Crippen molar-refractivity contribution in [1.82, 2.24) is 9.88 Å². The van der Waals surface area contributed by atoms with E-state index in [2.05, 4.69) is 24.9 Å². The minimum atomic E-state index is 0.129. The molecule has 140 valence electrons. The van der Waals surface area contributed by atoms with E-state index in [-0.39, 0.29) is 5.91 Å². The van der Waals surface area contributed by atoms with Crippen LogP contribution in [0.5, 0.6) is 0 Å². The van der Waals surface area contributed by atoms with Crippen molar-refractivity contribution in [1.29, 1.82) is 5.26 Å². The normalized spacial score (nSPS) is 19.6. The largest absolute Gasteiger partial charge is 0.341 e. The Hall–Kier alpha value is -2.32.